The summed E-state index contributed by atoms with van der Waals surface area (Å²) < 4.78 is 36.7. The summed E-state index contributed by atoms with van der Waals surface area (Å²) in [5.41, 5.74) is 1.40. The Morgan fingerprint density at radius 1 is 1.25 bits per heavy atom. The second-order valence-electron chi connectivity index (χ2n) is 7.77. The summed E-state index contributed by atoms with van der Waals surface area (Å²) in [6.45, 7) is 1.31. The van der Waals surface area contributed by atoms with Gasteiger partial charge in [0.15, 0.2) is 0 Å². The molecule has 1 unspecified atom stereocenters. The van der Waals surface area contributed by atoms with Crippen LogP contribution in [0.25, 0.3) is 0 Å². The van der Waals surface area contributed by atoms with Gasteiger partial charge in [-0.1, -0.05) is 6.07 Å². The number of furan rings is 1. The van der Waals surface area contributed by atoms with E-state index in [9.17, 15) is 22.8 Å². The van der Waals surface area contributed by atoms with E-state index in [1.165, 1.54) is 12.5 Å². The third kappa shape index (κ3) is 4.76. The zero-order valence-electron chi connectivity index (χ0n) is 17.2. The molecule has 2 fully saturated rings. The van der Waals surface area contributed by atoms with Crippen LogP contribution in [0.4, 0.5) is 13.2 Å². The van der Waals surface area contributed by atoms with Crippen molar-refractivity contribution >= 4 is 17.8 Å². The maximum absolute atomic E-state index is 12.8. The lowest BCUT2D eigenvalue weighted by Crippen LogP contribution is -2.52. The minimum atomic E-state index is -5.08. The van der Waals surface area contributed by atoms with E-state index in [1.54, 1.807) is 18.5 Å². The Labute approximate surface area is 181 Å². The molecule has 0 aliphatic carbocycles. The van der Waals surface area contributed by atoms with E-state index in [0.29, 0.717) is 18.7 Å². The molecule has 0 saturated carbocycles. The van der Waals surface area contributed by atoms with Gasteiger partial charge in [-0.2, -0.15) is 13.2 Å². The fraction of sp³-hybridized carbons (Fsp3) is 0.429. The van der Waals surface area contributed by atoms with Gasteiger partial charge in [0.1, 0.15) is 6.26 Å². The number of nitrogens with zero attached hydrogens (tertiary/aromatic N) is 3. The van der Waals surface area contributed by atoms with Crippen molar-refractivity contribution in [3.05, 3.63) is 54.2 Å². The molecule has 1 spiro atoms. The quantitative estimate of drug-likeness (QED) is 0.750. The Balaban J connectivity index is 0.000000360. The SMILES string of the molecule is CN1C(=O)C(c2cccnc2)CC12CCN(C(=O)c1ccoc1)CC2.O=C(O)C(F)(F)F. The lowest BCUT2D eigenvalue weighted by atomic mass is 9.81. The smallest absolute Gasteiger partial charge is 0.475 e. The molecule has 2 aromatic heterocycles. The largest absolute Gasteiger partial charge is 0.490 e. The Bertz CT molecular complexity index is 955. The predicted molar refractivity (Wildman–Crippen MR) is 105 cm³/mol. The predicted octanol–water partition coefficient (Wildman–Crippen LogP) is 2.93. The average molecular weight is 453 g/mol. The molecule has 172 valence electrons. The fourth-order valence-electron chi connectivity index (χ4n) is 4.15. The third-order valence-electron chi connectivity index (χ3n) is 6.00. The number of halogens is 3. The van der Waals surface area contributed by atoms with Gasteiger partial charge < -0.3 is 19.3 Å². The van der Waals surface area contributed by atoms with Crippen molar-refractivity contribution < 1.29 is 37.1 Å². The number of alkyl halides is 3. The summed E-state index contributed by atoms with van der Waals surface area (Å²) in [4.78, 5) is 42.1. The van der Waals surface area contributed by atoms with Crippen molar-refractivity contribution in [2.24, 2.45) is 0 Å². The number of piperidine rings is 1. The van der Waals surface area contributed by atoms with Crippen molar-refractivity contribution in [1.82, 2.24) is 14.8 Å². The number of hydrogen-bond donors (Lipinski definition) is 1. The topological polar surface area (TPSA) is 104 Å². The Kier molecular flexibility index (Phi) is 6.56. The van der Waals surface area contributed by atoms with Crippen LogP contribution < -0.4 is 0 Å². The first-order chi connectivity index (χ1) is 15.0. The minimum Gasteiger partial charge on any atom is -0.475 e. The van der Waals surface area contributed by atoms with E-state index in [2.05, 4.69) is 4.98 Å². The first-order valence-electron chi connectivity index (χ1n) is 9.84. The molecule has 2 aliphatic heterocycles. The van der Waals surface area contributed by atoms with Crippen LogP contribution in [0.5, 0.6) is 0 Å². The van der Waals surface area contributed by atoms with E-state index in [4.69, 9.17) is 14.3 Å². The van der Waals surface area contributed by atoms with Gasteiger partial charge >= 0.3 is 12.1 Å². The number of rotatable bonds is 2. The summed E-state index contributed by atoms with van der Waals surface area (Å²) in [6.07, 6.45) is 3.82. The van der Waals surface area contributed by atoms with Crippen molar-refractivity contribution in [3.8, 4) is 0 Å². The Morgan fingerprint density at radius 2 is 1.91 bits per heavy atom. The summed E-state index contributed by atoms with van der Waals surface area (Å²) >= 11 is 0. The average Bonchev–Trinajstić information content (AvgIpc) is 3.38. The highest BCUT2D eigenvalue weighted by Gasteiger charge is 2.51. The van der Waals surface area contributed by atoms with Crippen molar-refractivity contribution in [3.63, 3.8) is 0 Å². The number of amides is 2. The molecule has 0 bridgehead atoms. The second kappa shape index (κ2) is 9.01. The molecule has 32 heavy (non-hydrogen) atoms. The number of aromatic nitrogens is 1. The molecule has 2 aromatic rings. The zero-order valence-corrected chi connectivity index (χ0v) is 17.2. The molecular weight excluding hydrogens is 431 g/mol. The first kappa shape index (κ1) is 23.3. The molecule has 2 amide bonds. The van der Waals surface area contributed by atoms with Crippen LogP contribution in [-0.2, 0) is 9.59 Å². The van der Waals surface area contributed by atoms with Crippen LogP contribution in [0.1, 0.15) is 41.1 Å². The molecule has 4 rings (SSSR count). The maximum atomic E-state index is 12.8. The van der Waals surface area contributed by atoms with Crippen LogP contribution in [0.2, 0.25) is 0 Å². The number of carbonyl (C=O) groups is 3. The second-order valence-corrected chi connectivity index (χ2v) is 7.77. The first-order valence-corrected chi connectivity index (χ1v) is 9.84. The normalized spacial score (nSPS) is 20.1. The summed E-state index contributed by atoms with van der Waals surface area (Å²) in [7, 11) is 1.90. The molecule has 0 radical (unpaired) electrons. The van der Waals surface area contributed by atoms with Gasteiger partial charge in [0, 0.05) is 38.1 Å². The highest BCUT2D eigenvalue weighted by atomic mass is 19.4. The van der Waals surface area contributed by atoms with E-state index >= 15 is 0 Å². The van der Waals surface area contributed by atoms with E-state index in [1.807, 2.05) is 29.0 Å². The number of hydrogen-bond acceptors (Lipinski definition) is 5. The van der Waals surface area contributed by atoms with Gasteiger partial charge in [-0.05, 0) is 37.0 Å². The number of likely N-dealkylation sites (tertiary alicyclic amines) is 2. The number of aliphatic carboxylic acids is 1. The fourth-order valence-corrected chi connectivity index (χ4v) is 4.15. The molecule has 1 atom stereocenters. The van der Waals surface area contributed by atoms with Crippen LogP contribution in [0, 0.1) is 0 Å². The third-order valence-corrected chi connectivity index (χ3v) is 6.00. The molecule has 0 aromatic carbocycles. The highest BCUT2D eigenvalue weighted by Crippen LogP contribution is 2.44. The Morgan fingerprint density at radius 3 is 2.41 bits per heavy atom. The van der Waals surface area contributed by atoms with E-state index in [0.717, 1.165) is 24.8 Å². The zero-order chi connectivity index (χ0) is 23.5. The van der Waals surface area contributed by atoms with Crippen molar-refractivity contribution in [2.45, 2.75) is 36.9 Å². The van der Waals surface area contributed by atoms with Gasteiger partial charge in [-0.15, -0.1) is 0 Å². The molecule has 1 N–H and O–H groups in total. The van der Waals surface area contributed by atoms with Crippen LogP contribution >= 0.6 is 0 Å². The van der Waals surface area contributed by atoms with Gasteiger partial charge in [0.2, 0.25) is 5.91 Å². The van der Waals surface area contributed by atoms with Crippen molar-refractivity contribution in [2.75, 3.05) is 20.1 Å². The molecule has 11 heteroatoms. The molecule has 8 nitrogen and oxygen atoms in total. The van der Waals surface area contributed by atoms with E-state index in [-0.39, 0.29) is 23.3 Å². The molecule has 4 heterocycles. The monoisotopic (exact) mass is 453 g/mol. The number of likely N-dealkylation sites (N-methyl/N-ethyl adjacent to an activating group) is 1. The number of carbonyl (C=O) groups excluding carboxylic acids is 2. The van der Waals surface area contributed by atoms with Crippen LogP contribution in [0.3, 0.4) is 0 Å². The Hall–Kier alpha value is -3.37. The maximum Gasteiger partial charge on any atom is 0.490 e. The van der Waals surface area contributed by atoms with Gasteiger partial charge in [-0.25, -0.2) is 4.79 Å². The summed E-state index contributed by atoms with van der Waals surface area (Å²) in [5.74, 6) is -2.73. The lowest BCUT2D eigenvalue weighted by Gasteiger charge is -2.43. The standard InChI is InChI=1S/C19H21N3O3.C2HF3O2/c1-21-18(24)16(14-3-2-7-20-12-14)11-19(21)5-8-22(9-6-19)17(23)15-4-10-25-13-15;3-2(4,5)1(6)7/h2-4,7,10,12-13,16H,5-6,8-9,11H2,1H3;(H,6,7). The summed E-state index contributed by atoms with van der Waals surface area (Å²) in [5, 5.41) is 7.12. The van der Waals surface area contributed by atoms with Crippen LogP contribution in [-0.4, -0.2) is 69.5 Å². The van der Waals surface area contributed by atoms with Gasteiger partial charge in [0.25, 0.3) is 5.91 Å². The summed E-state index contributed by atoms with van der Waals surface area (Å²) in [6, 6.07) is 5.54. The van der Waals surface area contributed by atoms with Crippen LogP contribution in [0.15, 0.2) is 47.5 Å². The number of carboxylic acids is 1. The molecule has 2 aliphatic rings. The molecular formula is C21H22F3N3O5. The van der Waals surface area contributed by atoms with Crippen molar-refractivity contribution in [1.29, 1.82) is 0 Å². The number of pyridine rings is 1. The minimum absolute atomic E-state index is 0.000569. The highest BCUT2D eigenvalue weighted by molar-refractivity contribution is 5.94. The van der Waals surface area contributed by atoms with Gasteiger partial charge in [-0.3, -0.25) is 14.6 Å². The van der Waals surface area contributed by atoms with E-state index < -0.39 is 12.1 Å². The van der Waals surface area contributed by atoms with Gasteiger partial charge in [0.05, 0.1) is 17.7 Å². The molecule has 2 saturated heterocycles. The number of carboxylic acid groups (broad SMARTS) is 1. The lowest BCUT2D eigenvalue weighted by molar-refractivity contribution is -0.192.